The molecule has 38 heavy (non-hydrogen) atoms. The Hall–Kier alpha value is -3.60. The summed E-state index contributed by atoms with van der Waals surface area (Å²) < 4.78 is 44.2. The molecule has 4 aromatic rings. The molecule has 1 aromatic heterocycles. The van der Waals surface area contributed by atoms with E-state index in [1.165, 1.54) is 35.4 Å². The van der Waals surface area contributed by atoms with Crippen molar-refractivity contribution in [1.82, 2.24) is 15.2 Å². The maximum absolute atomic E-state index is 15.5. The van der Waals surface area contributed by atoms with Crippen molar-refractivity contribution in [3.63, 3.8) is 0 Å². The normalized spacial score (nSPS) is 12.2. The van der Waals surface area contributed by atoms with E-state index in [2.05, 4.69) is 15.0 Å². The first kappa shape index (κ1) is 27.4. The smallest absolute Gasteiger partial charge is 0.264 e. The van der Waals surface area contributed by atoms with Crippen LogP contribution in [0.3, 0.4) is 0 Å². The number of benzene rings is 3. The van der Waals surface area contributed by atoms with Crippen LogP contribution in [0.5, 0.6) is 0 Å². The number of rotatable bonds is 8. The van der Waals surface area contributed by atoms with Gasteiger partial charge in [-0.3, -0.25) is 14.3 Å². The van der Waals surface area contributed by atoms with Gasteiger partial charge < -0.3 is 15.2 Å². The molecule has 0 saturated carbocycles. The van der Waals surface area contributed by atoms with Gasteiger partial charge in [0.05, 0.1) is 39.3 Å². The standard InChI is InChI=1S/C26H23Cl2FN4O4S/c1-33(2)22(34)13-20(15-7-4-3-5-8-15)31-26(35)16-9-6-10-21(24(16)29)38(36,37)32-19-12-11-17(27)23-18(28)14-30-25(19)23/h3-12,14,20,30,32H,13H2,1-2H3,(H,31,35)/t20-/m0/s1. The highest BCUT2D eigenvalue weighted by atomic mass is 35.5. The van der Waals surface area contributed by atoms with Gasteiger partial charge in [-0.1, -0.05) is 59.6 Å². The number of halogens is 3. The Bertz CT molecular complexity index is 1630. The fourth-order valence-corrected chi connectivity index (χ4v) is 5.61. The van der Waals surface area contributed by atoms with Crippen molar-refractivity contribution in [1.29, 1.82) is 0 Å². The second-order valence-corrected chi connectivity index (χ2v) is 11.1. The van der Waals surface area contributed by atoms with Gasteiger partial charge in [0.25, 0.3) is 15.9 Å². The molecule has 0 aliphatic rings. The minimum atomic E-state index is -4.48. The predicted octanol–water partition coefficient (Wildman–Crippen LogP) is 5.36. The lowest BCUT2D eigenvalue weighted by Gasteiger charge is -2.21. The Morgan fingerprint density at radius 1 is 1.00 bits per heavy atom. The topological polar surface area (TPSA) is 111 Å². The van der Waals surface area contributed by atoms with Crippen LogP contribution in [0.2, 0.25) is 10.0 Å². The number of nitrogens with zero attached hydrogens (tertiary/aromatic N) is 1. The number of nitrogens with one attached hydrogen (secondary N) is 3. The Morgan fingerprint density at radius 2 is 1.71 bits per heavy atom. The zero-order valence-electron chi connectivity index (χ0n) is 20.3. The molecule has 0 aliphatic heterocycles. The number of anilines is 1. The van der Waals surface area contributed by atoms with Gasteiger partial charge in [-0.25, -0.2) is 12.8 Å². The van der Waals surface area contributed by atoms with Crippen molar-refractivity contribution in [2.24, 2.45) is 0 Å². The predicted molar refractivity (Wildman–Crippen MR) is 145 cm³/mol. The minimum absolute atomic E-state index is 0.0742. The summed E-state index contributed by atoms with van der Waals surface area (Å²) in [4.78, 5) is 29.0. The Balaban J connectivity index is 1.65. The van der Waals surface area contributed by atoms with Gasteiger partial charge in [0.15, 0.2) is 5.82 Å². The third kappa shape index (κ3) is 5.62. The summed E-state index contributed by atoms with van der Waals surface area (Å²) in [6.45, 7) is 0. The molecular weight excluding hydrogens is 554 g/mol. The number of carbonyl (C=O) groups is 2. The van der Waals surface area contributed by atoms with Gasteiger partial charge in [-0.05, 0) is 29.8 Å². The first-order valence-corrected chi connectivity index (χ1v) is 13.6. The summed E-state index contributed by atoms with van der Waals surface area (Å²) in [5.74, 6) is -2.36. The first-order chi connectivity index (χ1) is 18.0. The van der Waals surface area contributed by atoms with E-state index >= 15 is 4.39 Å². The molecule has 0 unspecified atom stereocenters. The molecule has 1 atom stereocenters. The number of aromatic nitrogens is 1. The molecule has 12 heteroatoms. The molecule has 1 heterocycles. The minimum Gasteiger partial charge on any atom is -0.358 e. The van der Waals surface area contributed by atoms with Crippen molar-refractivity contribution >= 4 is 61.6 Å². The van der Waals surface area contributed by atoms with E-state index in [4.69, 9.17) is 23.2 Å². The summed E-state index contributed by atoms with van der Waals surface area (Å²) in [6.07, 6.45) is 1.38. The number of aromatic amines is 1. The van der Waals surface area contributed by atoms with Crippen LogP contribution < -0.4 is 10.0 Å². The van der Waals surface area contributed by atoms with Gasteiger partial charge in [-0.15, -0.1) is 0 Å². The molecule has 3 aromatic carbocycles. The summed E-state index contributed by atoms with van der Waals surface area (Å²) in [6, 6.07) is 14.3. The highest BCUT2D eigenvalue weighted by Gasteiger charge is 2.27. The Morgan fingerprint density at radius 3 is 2.39 bits per heavy atom. The van der Waals surface area contributed by atoms with Gasteiger partial charge >= 0.3 is 0 Å². The average Bonchev–Trinajstić information content (AvgIpc) is 3.28. The maximum Gasteiger partial charge on any atom is 0.264 e. The van der Waals surface area contributed by atoms with E-state index in [-0.39, 0.29) is 23.0 Å². The molecule has 3 N–H and O–H groups in total. The molecule has 0 bridgehead atoms. The molecule has 4 rings (SSSR count). The van der Waals surface area contributed by atoms with Crippen LogP contribution in [0.25, 0.3) is 10.9 Å². The highest BCUT2D eigenvalue weighted by Crippen LogP contribution is 2.35. The Labute approximate surface area is 228 Å². The molecule has 198 valence electrons. The zero-order chi connectivity index (χ0) is 27.6. The number of fused-ring (bicyclic) bond motifs is 1. The van der Waals surface area contributed by atoms with Gasteiger partial charge in [0, 0.05) is 25.7 Å². The third-order valence-corrected chi connectivity index (χ3v) is 7.86. The van der Waals surface area contributed by atoms with E-state index < -0.39 is 38.2 Å². The molecule has 0 spiro atoms. The average molecular weight is 577 g/mol. The second kappa shape index (κ2) is 11.0. The van der Waals surface area contributed by atoms with E-state index in [1.807, 2.05) is 0 Å². The fraction of sp³-hybridized carbons (Fsp3) is 0.154. The number of carbonyl (C=O) groups excluding carboxylic acids is 2. The van der Waals surface area contributed by atoms with Gasteiger partial charge in [0.1, 0.15) is 4.90 Å². The molecule has 0 fully saturated rings. The summed E-state index contributed by atoms with van der Waals surface area (Å²) in [5, 5.41) is 3.66. The molecule has 0 radical (unpaired) electrons. The van der Waals surface area contributed by atoms with Crippen LogP contribution in [-0.2, 0) is 14.8 Å². The number of H-pyrrole nitrogens is 1. The summed E-state index contributed by atoms with van der Waals surface area (Å²) in [5.41, 5.74) is 0.557. The van der Waals surface area contributed by atoms with Crippen molar-refractivity contribution in [2.45, 2.75) is 17.4 Å². The zero-order valence-corrected chi connectivity index (χ0v) is 22.6. The van der Waals surface area contributed by atoms with Crippen molar-refractivity contribution in [3.05, 3.63) is 93.8 Å². The van der Waals surface area contributed by atoms with Crippen LogP contribution in [0.15, 0.2) is 71.8 Å². The van der Waals surface area contributed by atoms with Gasteiger partial charge in [0.2, 0.25) is 5.91 Å². The Kier molecular flexibility index (Phi) is 7.96. The molecule has 0 saturated heterocycles. The third-order valence-electron chi connectivity index (χ3n) is 5.86. The quantitative estimate of drug-likeness (QED) is 0.262. The lowest BCUT2D eigenvalue weighted by atomic mass is 10.0. The van der Waals surface area contributed by atoms with Crippen LogP contribution in [0.1, 0.15) is 28.4 Å². The first-order valence-electron chi connectivity index (χ1n) is 11.3. The SMILES string of the molecule is CN(C)C(=O)C[C@H](NC(=O)c1cccc(S(=O)(=O)Nc2ccc(Cl)c3c(Cl)c[nH]c23)c1F)c1ccccc1. The number of hydrogen-bond acceptors (Lipinski definition) is 4. The van der Waals surface area contributed by atoms with Crippen LogP contribution in [-0.4, -0.2) is 44.2 Å². The molecule has 0 aliphatic carbocycles. The van der Waals surface area contributed by atoms with E-state index in [0.717, 1.165) is 6.07 Å². The number of hydrogen-bond donors (Lipinski definition) is 3. The summed E-state index contributed by atoms with van der Waals surface area (Å²) >= 11 is 12.3. The van der Waals surface area contributed by atoms with E-state index in [0.29, 0.717) is 21.5 Å². The van der Waals surface area contributed by atoms with Crippen LogP contribution in [0.4, 0.5) is 10.1 Å². The lowest BCUT2D eigenvalue weighted by molar-refractivity contribution is -0.129. The van der Waals surface area contributed by atoms with Gasteiger partial charge in [-0.2, -0.15) is 0 Å². The van der Waals surface area contributed by atoms with E-state index in [9.17, 15) is 18.0 Å². The van der Waals surface area contributed by atoms with Crippen molar-refractivity contribution < 1.29 is 22.4 Å². The van der Waals surface area contributed by atoms with Crippen molar-refractivity contribution in [2.75, 3.05) is 18.8 Å². The second-order valence-electron chi connectivity index (χ2n) is 8.63. The summed E-state index contributed by atoms with van der Waals surface area (Å²) in [7, 11) is -1.31. The molecule has 2 amide bonds. The maximum atomic E-state index is 15.5. The molecular formula is C26H23Cl2FN4O4S. The monoisotopic (exact) mass is 576 g/mol. The van der Waals surface area contributed by atoms with E-state index in [1.54, 1.807) is 44.4 Å². The fourth-order valence-electron chi connectivity index (χ4n) is 3.88. The van der Waals surface area contributed by atoms with Crippen LogP contribution >= 0.6 is 23.2 Å². The largest absolute Gasteiger partial charge is 0.358 e. The number of amides is 2. The molecule has 8 nitrogen and oxygen atoms in total. The number of sulfonamides is 1. The van der Waals surface area contributed by atoms with Crippen molar-refractivity contribution in [3.8, 4) is 0 Å². The highest BCUT2D eigenvalue weighted by molar-refractivity contribution is 7.92. The van der Waals surface area contributed by atoms with Crippen LogP contribution in [0, 0.1) is 5.82 Å². The lowest BCUT2D eigenvalue weighted by Crippen LogP contribution is -2.34.